The van der Waals surface area contributed by atoms with Gasteiger partial charge in [0.05, 0.1) is 6.61 Å². The monoisotopic (exact) mass is 213 g/mol. The van der Waals surface area contributed by atoms with E-state index < -0.39 is 5.82 Å². The third-order valence-corrected chi connectivity index (χ3v) is 2.52. The van der Waals surface area contributed by atoms with E-state index in [1.807, 2.05) is 0 Å². The topological polar surface area (TPSA) is 21.3 Å². The zero-order valence-corrected chi connectivity index (χ0v) is 8.30. The van der Waals surface area contributed by atoms with Gasteiger partial charge in [0.1, 0.15) is 11.6 Å². The van der Waals surface area contributed by atoms with E-state index in [1.165, 1.54) is 6.07 Å². The molecule has 4 heteroatoms. The lowest BCUT2D eigenvalue weighted by molar-refractivity contribution is 0.189. The third kappa shape index (κ3) is 2.73. The van der Waals surface area contributed by atoms with E-state index in [4.69, 9.17) is 4.74 Å². The van der Waals surface area contributed by atoms with E-state index in [0.717, 1.165) is 25.2 Å². The summed E-state index contributed by atoms with van der Waals surface area (Å²) in [6.45, 7) is 1.73. The number of benzene rings is 1. The molecule has 15 heavy (non-hydrogen) atoms. The molecule has 1 fully saturated rings. The molecule has 1 heterocycles. The fourth-order valence-corrected chi connectivity index (χ4v) is 1.63. The molecule has 1 aromatic rings. The van der Waals surface area contributed by atoms with Gasteiger partial charge in [0.25, 0.3) is 0 Å². The minimum Gasteiger partial charge on any atom is -0.380 e. The van der Waals surface area contributed by atoms with Crippen molar-refractivity contribution in [2.24, 2.45) is 0 Å². The van der Waals surface area contributed by atoms with Gasteiger partial charge in [-0.2, -0.15) is 0 Å². The van der Waals surface area contributed by atoms with Crippen molar-refractivity contribution in [3.8, 4) is 0 Å². The Hall–Kier alpha value is -1.00. The molecule has 82 valence electrons. The summed E-state index contributed by atoms with van der Waals surface area (Å²) in [7, 11) is 0. The predicted molar refractivity (Wildman–Crippen MR) is 52.4 cm³/mol. The van der Waals surface area contributed by atoms with Gasteiger partial charge in [0, 0.05) is 24.8 Å². The highest BCUT2D eigenvalue weighted by Crippen LogP contribution is 2.11. The van der Waals surface area contributed by atoms with Crippen LogP contribution in [-0.4, -0.2) is 19.3 Å². The van der Waals surface area contributed by atoms with Crippen LogP contribution in [0.25, 0.3) is 0 Å². The normalized spacial score (nSPS) is 20.8. The predicted octanol–water partition coefficient (Wildman–Crippen LogP) is 1.84. The average Bonchev–Trinajstić information content (AvgIpc) is 2.72. The maximum absolute atomic E-state index is 13.2. The Morgan fingerprint density at radius 3 is 3.00 bits per heavy atom. The second kappa shape index (κ2) is 4.68. The molecule has 1 N–H and O–H groups in total. The van der Waals surface area contributed by atoms with Crippen LogP contribution in [0.15, 0.2) is 18.2 Å². The van der Waals surface area contributed by atoms with Crippen LogP contribution in [0.4, 0.5) is 8.78 Å². The summed E-state index contributed by atoms with van der Waals surface area (Å²) in [5, 5.41) is 3.13. The molecular formula is C11H13F2NO. The van der Waals surface area contributed by atoms with Crippen molar-refractivity contribution < 1.29 is 13.5 Å². The van der Waals surface area contributed by atoms with E-state index in [1.54, 1.807) is 0 Å². The standard InChI is InChI=1S/C11H13F2NO/c12-9-1-2-11(13)8(5-9)6-14-10-3-4-15-7-10/h1-2,5,10,14H,3-4,6-7H2. The number of hydrogen-bond acceptors (Lipinski definition) is 2. The van der Waals surface area contributed by atoms with Crippen LogP contribution in [0.2, 0.25) is 0 Å². The van der Waals surface area contributed by atoms with E-state index in [-0.39, 0.29) is 11.9 Å². The third-order valence-electron chi connectivity index (χ3n) is 2.52. The van der Waals surface area contributed by atoms with Crippen molar-refractivity contribution >= 4 is 0 Å². The Balaban J connectivity index is 1.94. The van der Waals surface area contributed by atoms with Gasteiger partial charge in [-0.05, 0) is 24.6 Å². The summed E-state index contributed by atoms with van der Waals surface area (Å²) < 4.78 is 31.2. The Morgan fingerprint density at radius 1 is 1.40 bits per heavy atom. The molecule has 0 radical (unpaired) electrons. The molecule has 0 aromatic heterocycles. The van der Waals surface area contributed by atoms with Gasteiger partial charge in [-0.15, -0.1) is 0 Å². The second-order valence-corrected chi connectivity index (χ2v) is 3.68. The SMILES string of the molecule is Fc1ccc(F)c(CNC2CCOC2)c1. The molecule has 0 bridgehead atoms. The molecule has 1 atom stereocenters. The van der Waals surface area contributed by atoms with Gasteiger partial charge >= 0.3 is 0 Å². The van der Waals surface area contributed by atoms with Crippen LogP contribution >= 0.6 is 0 Å². The molecule has 0 aliphatic carbocycles. The lowest BCUT2D eigenvalue weighted by Crippen LogP contribution is -2.28. The number of ether oxygens (including phenoxy) is 1. The summed E-state index contributed by atoms with van der Waals surface area (Å²) in [6.07, 6.45) is 0.928. The molecule has 2 nitrogen and oxygen atoms in total. The minimum atomic E-state index is -0.407. The van der Waals surface area contributed by atoms with Crippen LogP contribution in [0.5, 0.6) is 0 Å². The highest BCUT2D eigenvalue weighted by atomic mass is 19.1. The highest BCUT2D eigenvalue weighted by molar-refractivity contribution is 5.18. The van der Waals surface area contributed by atoms with Crippen LogP contribution in [0, 0.1) is 11.6 Å². The first-order valence-corrected chi connectivity index (χ1v) is 5.01. The van der Waals surface area contributed by atoms with Crippen LogP contribution in [-0.2, 0) is 11.3 Å². The zero-order chi connectivity index (χ0) is 10.7. The number of hydrogen-bond donors (Lipinski definition) is 1. The first-order valence-electron chi connectivity index (χ1n) is 5.01. The summed E-state index contributed by atoms with van der Waals surface area (Å²) in [5.74, 6) is -0.779. The minimum absolute atomic E-state index is 0.257. The lowest BCUT2D eigenvalue weighted by atomic mass is 10.2. The summed E-state index contributed by atoms with van der Waals surface area (Å²) in [6, 6.07) is 3.75. The molecular weight excluding hydrogens is 200 g/mol. The van der Waals surface area contributed by atoms with Gasteiger partial charge in [-0.3, -0.25) is 0 Å². The summed E-state index contributed by atoms with van der Waals surface area (Å²) in [4.78, 5) is 0. The number of halogens is 2. The van der Waals surface area contributed by atoms with Crippen molar-refractivity contribution in [2.45, 2.75) is 19.0 Å². The largest absolute Gasteiger partial charge is 0.380 e. The molecule has 0 saturated carbocycles. The molecule has 1 saturated heterocycles. The van der Waals surface area contributed by atoms with Crippen LogP contribution in [0.3, 0.4) is 0 Å². The van der Waals surface area contributed by atoms with Crippen molar-refractivity contribution in [3.63, 3.8) is 0 Å². The van der Waals surface area contributed by atoms with Gasteiger partial charge in [-0.1, -0.05) is 0 Å². The fourth-order valence-electron chi connectivity index (χ4n) is 1.63. The maximum atomic E-state index is 13.2. The van der Waals surface area contributed by atoms with Gasteiger partial charge in [-0.25, -0.2) is 8.78 Å². The van der Waals surface area contributed by atoms with E-state index in [0.29, 0.717) is 18.7 Å². The number of nitrogens with one attached hydrogen (secondary N) is 1. The molecule has 1 aliphatic heterocycles. The van der Waals surface area contributed by atoms with Gasteiger partial charge in [0.15, 0.2) is 0 Å². The quantitative estimate of drug-likeness (QED) is 0.827. The Bertz CT molecular complexity index is 337. The first kappa shape index (κ1) is 10.5. The Labute approximate surface area is 87.2 Å². The molecule has 2 rings (SSSR count). The smallest absolute Gasteiger partial charge is 0.127 e. The van der Waals surface area contributed by atoms with Crippen molar-refractivity contribution in [1.29, 1.82) is 0 Å². The molecule has 1 aliphatic rings. The van der Waals surface area contributed by atoms with E-state index >= 15 is 0 Å². The lowest BCUT2D eigenvalue weighted by Gasteiger charge is -2.10. The highest BCUT2D eigenvalue weighted by Gasteiger charge is 2.15. The maximum Gasteiger partial charge on any atom is 0.127 e. The zero-order valence-electron chi connectivity index (χ0n) is 8.30. The average molecular weight is 213 g/mol. The Morgan fingerprint density at radius 2 is 2.27 bits per heavy atom. The van der Waals surface area contributed by atoms with E-state index in [2.05, 4.69) is 5.32 Å². The van der Waals surface area contributed by atoms with Crippen LogP contribution in [0.1, 0.15) is 12.0 Å². The van der Waals surface area contributed by atoms with E-state index in [9.17, 15) is 8.78 Å². The molecule has 1 aromatic carbocycles. The molecule has 0 amide bonds. The molecule has 1 unspecified atom stereocenters. The van der Waals surface area contributed by atoms with Gasteiger partial charge in [0.2, 0.25) is 0 Å². The fraction of sp³-hybridized carbons (Fsp3) is 0.455. The second-order valence-electron chi connectivity index (χ2n) is 3.68. The summed E-state index contributed by atoms with van der Waals surface area (Å²) >= 11 is 0. The van der Waals surface area contributed by atoms with Crippen molar-refractivity contribution in [1.82, 2.24) is 5.32 Å². The Kier molecular flexibility index (Phi) is 3.28. The van der Waals surface area contributed by atoms with Crippen molar-refractivity contribution in [2.75, 3.05) is 13.2 Å². The number of rotatable bonds is 3. The van der Waals surface area contributed by atoms with Crippen LogP contribution < -0.4 is 5.32 Å². The molecule has 0 spiro atoms. The summed E-state index contributed by atoms with van der Waals surface area (Å²) in [5.41, 5.74) is 0.363. The van der Waals surface area contributed by atoms with Crippen molar-refractivity contribution in [3.05, 3.63) is 35.4 Å². The first-order chi connectivity index (χ1) is 7.25. The van der Waals surface area contributed by atoms with Gasteiger partial charge < -0.3 is 10.1 Å².